The summed E-state index contributed by atoms with van der Waals surface area (Å²) in [6.45, 7) is 3.33. The van der Waals surface area contributed by atoms with Gasteiger partial charge in [0.1, 0.15) is 5.82 Å². The first kappa shape index (κ1) is 14.4. The standard InChI is InChI=1S/C13H20FN3O/c1-10(9-15)4-3-7-16-13(18)17-12-6-2-5-11(14)8-12/h2,5-6,8,10H,3-4,7,9,15H2,1H3,(H2,16,17,18). The maximum Gasteiger partial charge on any atom is 0.319 e. The van der Waals surface area contributed by atoms with E-state index in [9.17, 15) is 9.18 Å². The van der Waals surface area contributed by atoms with E-state index in [1.165, 1.54) is 12.1 Å². The Kier molecular flexibility index (Phi) is 6.14. The van der Waals surface area contributed by atoms with Crippen LogP contribution in [0.3, 0.4) is 0 Å². The highest BCUT2D eigenvalue weighted by Gasteiger charge is 2.03. The van der Waals surface area contributed by atoms with Crippen LogP contribution >= 0.6 is 0 Å². The number of benzene rings is 1. The molecule has 1 aromatic rings. The van der Waals surface area contributed by atoms with E-state index < -0.39 is 0 Å². The molecule has 5 heteroatoms. The molecule has 4 nitrogen and oxygen atoms in total. The van der Waals surface area contributed by atoms with E-state index in [4.69, 9.17) is 5.73 Å². The summed E-state index contributed by atoms with van der Waals surface area (Å²) in [6.07, 6.45) is 1.87. The zero-order valence-electron chi connectivity index (χ0n) is 10.6. The third kappa shape index (κ3) is 5.63. The minimum atomic E-state index is -0.371. The smallest absolute Gasteiger partial charge is 0.319 e. The zero-order chi connectivity index (χ0) is 13.4. The largest absolute Gasteiger partial charge is 0.338 e. The third-order valence-corrected chi connectivity index (χ3v) is 2.64. The van der Waals surface area contributed by atoms with Crippen molar-refractivity contribution in [3.05, 3.63) is 30.1 Å². The number of nitrogens with two attached hydrogens (primary N) is 1. The summed E-state index contributed by atoms with van der Waals surface area (Å²) in [5.74, 6) is 0.0997. The van der Waals surface area contributed by atoms with Gasteiger partial charge in [-0.1, -0.05) is 13.0 Å². The molecule has 0 aliphatic rings. The van der Waals surface area contributed by atoms with Gasteiger partial charge in [0.15, 0.2) is 0 Å². The molecule has 0 aromatic heterocycles. The Hall–Kier alpha value is -1.62. The van der Waals surface area contributed by atoms with E-state index in [1.807, 2.05) is 0 Å². The number of rotatable bonds is 6. The lowest BCUT2D eigenvalue weighted by atomic mass is 10.1. The van der Waals surface area contributed by atoms with Gasteiger partial charge in [-0.3, -0.25) is 0 Å². The van der Waals surface area contributed by atoms with Crippen molar-refractivity contribution in [1.29, 1.82) is 0 Å². The third-order valence-electron chi connectivity index (χ3n) is 2.64. The molecule has 0 fully saturated rings. The summed E-state index contributed by atoms with van der Waals surface area (Å²) < 4.78 is 12.9. The predicted octanol–water partition coefficient (Wildman–Crippen LogP) is 2.32. The molecule has 1 aromatic carbocycles. The molecule has 0 aliphatic carbocycles. The molecule has 0 spiro atoms. The van der Waals surface area contributed by atoms with Crippen LogP contribution in [0.1, 0.15) is 19.8 Å². The average Bonchev–Trinajstić information content (AvgIpc) is 2.34. The van der Waals surface area contributed by atoms with Crippen molar-refractivity contribution in [3.8, 4) is 0 Å². The number of amides is 2. The molecule has 0 radical (unpaired) electrons. The minimum Gasteiger partial charge on any atom is -0.338 e. The number of carbonyl (C=O) groups is 1. The molecule has 2 amide bonds. The van der Waals surface area contributed by atoms with E-state index in [0.717, 1.165) is 12.8 Å². The van der Waals surface area contributed by atoms with Crippen LogP contribution in [0.5, 0.6) is 0 Å². The first-order chi connectivity index (χ1) is 8.61. The Morgan fingerprint density at radius 2 is 2.28 bits per heavy atom. The monoisotopic (exact) mass is 253 g/mol. The topological polar surface area (TPSA) is 67.1 Å². The molecule has 0 saturated carbocycles. The quantitative estimate of drug-likeness (QED) is 0.681. The van der Waals surface area contributed by atoms with Crippen LogP contribution in [-0.2, 0) is 0 Å². The molecule has 100 valence electrons. The van der Waals surface area contributed by atoms with Crippen molar-refractivity contribution < 1.29 is 9.18 Å². The van der Waals surface area contributed by atoms with Crippen LogP contribution in [0.25, 0.3) is 0 Å². The van der Waals surface area contributed by atoms with Gasteiger partial charge in [-0.15, -0.1) is 0 Å². The van der Waals surface area contributed by atoms with Gasteiger partial charge in [-0.05, 0) is 43.5 Å². The van der Waals surface area contributed by atoms with Gasteiger partial charge in [0.25, 0.3) is 0 Å². The summed E-state index contributed by atoms with van der Waals surface area (Å²) in [4.78, 5) is 11.5. The van der Waals surface area contributed by atoms with Crippen molar-refractivity contribution in [2.75, 3.05) is 18.4 Å². The Morgan fingerprint density at radius 1 is 1.50 bits per heavy atom. The summed E-state index contributed by atoms with van der Waals surface area (Å²) >= 11 is 0. The molecular formula is C13H20FN3O. The van der Waals surface area contributed by atoms with Gasteiger partial charge >= 0.3 is 6.03 Å². The number of hydrogen-bond acceptors (Lipinski definition) is 2. The van der Waals surface area contributed by atoms with Gasteiger partial charge in [0.05, 0.1) is 0 Å². The number of halogens is 1. The summed E-state index contributed by atoms with van der Waals surface area (Å²) in [5, 5.41) is 5.29. The van der Waals surface area contributed by atoms with Gasteiger partial charge in [-0.25, -0.2) is 9.18 Å². The number of carbonyl (C=O) groups excluding carboxylic acids is 1. The molecule has 0 saturated heterocycles. The number of hydrogen-bond donors (Lipinski definition) is 3. The molecular weight excluding hydrogens is 233 g/mol. The fourth-order valence-corrected chi connectivity index (χ4v) is 1.51. The lowest BCUT2D eigenvalue weighted by Gasteiger charge is -2.10. The van der Waals surface area contributed by atoms with Gasteiger partial charge in [0, 0.05) is 12.2 Å². The molecule has 0 bridgehead atoms. The second-order valence-corrected chi connectivity index (χ2v) is 4.37. The first-order valence-corrected chi connectivity index (χ1v) is 6.12. The highest BCUT2D eigenvalue weighted by atomic mass is 19.1. The molecule has 1 unspecified atom stereocenters. The maximum atomic E-state index is 12.9. The van der Waals surface area contributed by atoms with Crippen molar-refractivity contribution in [2.45, 2.75) is 19.8 Å². The van der Waals surface area contributed by atoms with E-state index in [1.54, 1.807) is 12.1 Å². The minimum absolute atomic E-state index is 0.319. The Labute approximate surface area is 107 Å². The summed E-state index contributed by atoms with van der Waals surface area (Å²) in [6, 6.07) is 5.47. The van der Waals surface area contributed by atoms with Crippen molar-refractivity contribution in [2.24, 2.45) is 11.7 Å². The molecule has 18 heavy (non-hydrogen) atoms. The summed E-state index contributed by atoms with van der Waals surface area (Å²) in [7, 11) is 0. The van der Waals surface area contributed by atoms with Gasteiger partial charge in [0.2, 0.25) is 0 Å². The molecule has 4 N–H and O–H groups in total. The van der Waals surface area contributed by atoms with Crippen LogP contribution in [0.2, 0.25) is 0 Å². The van der Waals surface area contributed by atoms with Crippen LogP contribution in [-0.4, -0.2) is 19.1 Å². The van der Waals surface area contributed by atoms with Crippen molar-refractivity contribution in [3.63, 3.8) is 0 Å². The van der Waals surface area contributed by atoms with Crippen LogP contribution in [0, 0.1) is 11.7 Å². The molecule has 0 heterocycles. The number of nitrogens with one attached hydrogen (secondary N) is 2. The van der Waals surface area contributed by atoms with Crippen LogP contribution in [0.15, 0.2) is 24.3 Å². The lowest BCUT2D eigenvalue weighted by molar-refractivity contribution is 0.251. The van der Waals surface area contributed by atoms with Crippen LogP contribution < -0.4 is 16.4 Å². The average molecular weight is 253 g/mol. The fraction of sp³-hybridized carbons (Fsp3) is 0.462. The number of anilines is 1. The van der Waals surface area contributed by atoms with Crippen molar-refractivity contribution in [1.82, 2.24) is 5.32 Å². The van der Waals surface area contributed by atoms with E-state index >= 15 is 0 Å². The normalized spacial score (nSPS) is 11.9. The first-order valence-electron chi connectivity index (χ1n) is 6.12. The SMILES string of the molecule is CC(CN)CCCNC(=O)Nc1cccc(F)c1. The second-order valence-electron chi connectivity index (χ2n) is 4.37. The Bertz CT molecular complexity index is 384. The lowest BCUT2D eigenvalue weighted by Crippen LogP contribution is -2.29. The van der Waals surface area contributed by atoms with Gasteiger partial charge in [-0.2, -0.15) is 0 Å². The Balaban J connectivity index is 2.22. The molecule has 1 atom stereocenters. The molecule has 0 aliphatic heterocycles. The fourth-order valence-electron chi connectivity index (χ4n) is 1.51. The zero-order valence-corrected chi connectivity index (χ0v) is 10.6. The summed E-state index contributed by atoms with van der Waals surface area (Å²) in [5.41, 5.74) is 5.94. The predicted molar refractivity (Wildman–Crippen MR) is 70.9 cm³/mol. The Morgan fingerprint density at radius 3 is 2.94 bits per heavy atom. The van der Waals surface area contributed by atoms with Crippen molar-refractivity contribution >= 4 is 11.7 Å². The highest BCUT2D eigenvalue weighted by Crippen LogP contribution is 2.08. The van der Waals surface area contributed by atoms with E-state index in [0.29, 0.717) is 24.7 Å². The van der Waals surface area contributed by atoms with Crippen LogP contribution in [0.4, 0.5) is 14.9 Å². The maximum absolute atomic E-state index is 12.9. The number of urea groups is 1. The highest BCUT2D eigenvalue weighted by molar-refractivity contribution is 5.89. The molecule has 1 rings (SSSR count). The van der Waals surface area contributed by atoms with E-state index in [-0.39, 0.29) is 11.8 Å². The van der Waals surface area contributed by atoms with E-state index in [2.05, 4.69) is 17.6 Å². The van der Waals surface area contributed by atoms with Gasteiger partial charge < -0.3 is 16.4 Å². The second kappa shape index (κ2) is 7.66.